The summed E-state index contributed by atoms with van der Waals surface area (Å²) in [6.07, 6.45) is 0. The van der Waals surface area contributed by atoms with Gasteiger partial charge in [0.15, 0.2) is 0 Å². The third kappa shape index (κ3) is 2.88. The first-order valence-corrected chi connectivity index (χ1v) is 8.65. The second kappa shape index (κ2) is 6.52. The summed E-state index contributed by atoms with van der Waals surface area (Å²) in [6.45, 7) is 4.09. The third-order valence-electron chi connectivity index (χ3n) is 4.46. The van der Waals surface area contributed by atoms with Crippen LogP contribution >= 0.6 is 0 Å². The van der Waals surface area contributed by atoms with Crippen molar-refractivity contribution in [1.82, 2.24) is 9.78 Å². The average molecular weight is 340 g/mol. The molecular formula is C23H20N2O. The molecule has 1 heterocycles. The fourth-order valence-electron chi connectivity index (χ4n) is 3.21. The predicted octanol–water partition coefficient (Wildman–Crippen LogP) is 5.53. The van der Waals surface area contributed by atoms with Gasteiger partial charge in [-0.3, -0.25) is 0 Å². The minimum atomic E-state index is 0.151. The molecule has 4 aromatic rings. The highest BCUT2D eigenvalue weighted by atomic mass is 16.3. The van der Waals surface area contributed by atoms with Crippen molar-refractivity contribution in [2.75, 3.05) is 0 Å². The summed E-state index contributed by atoms with van der Waals surface area (Å²) < 4.78 is 1.62. The molecule has 0 aliphatic carbocycles. The molecule has 0 spiro atoms. The molecule has 4 rings (SSSR count). The van der Waals surface area contributed by atoms with E-state index in [1.54, 1.807) is 4.68 Å². The second-order valence-electron chi connectivity index (χ2n) is 6.53. The Morgan fingerprint density at radius 3 is 2.08 bits per heavy atom. The number of aryl methyl sites for hydroxylation is 2. The molecule has 0 saturated heterocycles. The zero-order chi connectivity index (χ0) is 18.1. The normalized spacial score (nSPS) is 10.8. The largest absolute Gasteiger partial charge is 0.493 e. The highest BCUT2D eigenvalue weighted by Gasteiger charge is 2.21. The summed E-state index contributed by atoms with van der Waals surface area (Å²) in [6, 6.07) is 26.1. The van der Waals surface area contributed by atoms with E-state index in [0.717, 1.165) is 39.2 Å². The quantitative estimate of drug-likeness (QED) is 0.532. The van der Waals surface area contributed by atoms with Gasteiger partial charge in [0.05, 0.1) is 11.3 Å². The van der Waals surface area contributed by atoms with E-state index < -0.39 is 0 Å². The molecule has 0 radical (unpaired) electrons. The van der Waals surface area contributed by atoms with Gasteiger partial charge >= 0.3 is 0 Å². The first kappa shape index (κ1) is 16.2. The molecule has 0 aliphatic heterocycles. The summed E-state index contributed by atoms with van der Waals surface area (Å²) in [5.74, 6) is 0.151. The second-order valence-corrected chi connectivity index (χ2v) is 6.53. The standard InChI is InChI=1S/C23H20N2O/c1-16-8-6-12-19(14-16)22-21(18-10-4-3-5-11-18)23(26)25(24-22)20-13-7-9-17(2)15-20/h3-15,26H,1-2H3. The van der Waals surface area contributed by atoms with Crippen molar-refractivity contribution in [3.63, 3.8) is 0 Å². The van der Waals surface area contributed by atoms with Crippen LogP contribution in [0.3, 0.4) is 0 Å². The monoisotopic (exact) mass is 340 g/mol. The molecular weight excluding hydrogens is 320 g/mol. The molecule has 1 N–H and O–H groups in total. The van der Waals surface area contributed by atoms with Gasteiger partial charge in [0, 0.05) is 5.56 Å². The lowest BCUT2D eigenvalue weighted by Crippen LogP contribution is -1.96. The molecule has 3 heteroatoms. The molecule has 0 aliphatic rings. The maximum atomic E-state index is 11.0. The van der Waals surface area contributed by atoms with Gasteiger partial charge in [-0.05, 0) is 43.2 Å². The Kier molecular flexibility index (Phi) is 4.05. The van der Waals surface area contributed by atoms with Crippen molar-refractivity contribution in [3.05, 3.63) is 90.0 Å². The first-order valence-electron chi connectivity index (χ1n) is 8.65. The lowest BCUT2D eigenvalue weighted by Gasteiger charge is -2.05. The molecule has 0 bridgehead atoms. The third-order valence-corrected chi connectivity index (χ3v) is 4.46. The van der Waals surface area contributed by atoms with Crippen molar-refractivity contribution < 1.29 is 5.11 Å². The van der Waals surface area contributed by atoms with Gasteiger partial charge in [-0.2, -0.15) is 5.10 Å². The van der Waals surface area contributed by atoms with Crippen LogP contribution in [0.1, 0.15) is 11.1 Å². The summed E-state index contributed by atoms with van der Waals surface area (Å²) in [4.78, 5) is 0. The Bertz CT molecular complexity index is 1060. The van der Waals surface area contributed by atoms with E-state index in [0.29, 0.717) is 0 Å². The van der Waals surface area contributed by atoms with Gasteiger partial charge in [0.2, 0.25) is 5.88 Å². The Morgan fingerprint density at radius 1 is 0.731 bits per heavy atom. The zero-order valence-electron chi connectivity index (χ0n) is 14.8. The number of hydrogen-bond acceptors (Lipinski definition) is 2. The minimum absolute atomic E-state index is 0.151. The lowest BCUT2D eigenvalue weighted by molar-refractivity contribution is 0.435. The van der Waals surface area contributed by atoms with Crippen LogP contribution in [0.4, 0.5) is 0 Å². The van der Waals surface area contributed by atoms with Crippen LogP contribution in [0.15, 0.2) is 78.9 Å². The molecule has 0 amide bonds. The molecule has 0 fully saturated rings. The van der Waals surface area contributed by atoms with Gasteiger partial charge in [0.1, 0.15) is 5.69 Å². The van der Waals surface area contributed by atoms with E-state index in [4.69, 9.17) is 5.10 Å². The zero-order valence-corrected chi connectivity index (χ0v) is 14.8. The molecule has 0 saturated carbocycles. The fourth-order valence-corrected chi connectivity index (χ4v) is 3.21. The maximum Gasteiger partial charge on any atom is 0.222 e. The van der Waals surface area contributed by atoms with E-state index in [9.17, 15) is 5.11 Å². The van der Waals surface area contributed by atoms with E-state index in [1.165, 1.54) is 0 Å². The van der Waals surface area contributed by atoms with Gasteiger partial charge in [-0.15, -0.1) is 0 Å². The molecule has 128 valence electrons. The van der Waals surface area contributed by atoms with Crippen LogP contribution in [-0.4, -0.2) is 14.9 Å². The Hall–Kier alpha value is -3.33. The number of aromatic nitrogens is 2. The molecule has 26 heavy (non-hydrogen) atoms. The van der Waals surface area contributed by atoms with Crippen LogP contribution in [0.5, 0.6) is 5.88 Å². The van der Waals surface area contributed by atoms with Gasteiger partial charge in [-0.25, -0.2) is 4.68 Å². The summed E-state index contributed by atoms with van der Waals surface area (Å²) in [5.41, 5.74) is 6.59. The van der Waals surface area contributed by atoms with Crippen molar-refractivity contribution in [1.29, 1.82) is 0 Å². The van der Waals surface area contributed by atoms with Gasteiger partial charge in [-0.1, -0.05) is 66.2 Å². The van der Waals surface area contributed by atoms with E-state index in [1.807, 2.05) is 73.7 Å². The van der Waals surface area contributed by atoms with Crippen LogP contribution < -0.4 is 0 Å². The highest BCUT2D eigenvalue weighted by molar-refractivity contribution is 5.85. The molecule has 3 nitrogen and oxygen atoms in total. The van der Waals surface area contributed by atoms with E-state index in [2.05, 4.69) is 19.1 Å². The number of hydrogen-bond donors (Lipinski definition) is 1. The summed E-state index contributed by atoms with van der Waals surface area (Å²) in [7, 11) is 0. The van der Waals surface area contributed by atoms with Crippen LogP contribution in [0, 0.1) is 13.8 Å². The Labute approximate surface area is 153 Å². The topological polar surface area (TPSA) is 38.0 Å². The van der Waals surface area contributed by atoms with Crippen molar-refractivity contribution in [3.8, 4) is 34.0 Å². The van der Waals surface area contributed by atoms with Crippen LogP contribution in [0.2, 0.25) is 0 Å². The van der Waals surface area contributed by atoms with Crippen LogP contribution in [0.25, 0.3) is 28.1 Å². The molecule has 0 unspecified atom stereocenters. The first-order chi connectivity index (χ1) is 12.6. The van der Waals surface area contributed by atoms with Crippen LogP contribution in [-0.2, 0) is 0 Å². The van der Waals surface area contributed by atoms with Crippen molar-refractivity contribution in [2.45, 2.75) is 13.8 Å². The number of aromatic hydroxyl groups is 1. The lowest BCUT2D eigenvalue weighted by atomic mass is 10.0. The minimum Gasteiger partial charge on any atom is -0.493 e. The molecule has 0 atom stereocenters. The fraction of sp³-hybridized carbons (Fsp3) is 0.0870. The molecule has 1 aromatic heterocycles. The van der Waals surface area contributed by atoms with Crippen molar-refractivity contribution >= 4 is 0 Å². The number of nitrogens with zero attached hydrogens (tertiary/aromatic N) is 2. The Morgan fingerprint density at radius 2 is 1.38 bits per heavy atom. The Balaban J connectivity index is 1.99. The SMILES string of the molecule is Cc1cccc(-c2nn(-c3cccc(C)c3)c(O)c2-c2ccccc2)c1. The summed E-state index contributed by atoms with van der Waals surface area (Å²) in [5, 5.41) is 15.8. The average Bonchev–Trinajstić information content (AvgIpc) is 3.00. The number of rotatable bonds is 3. The van der Waals surface area contributed by atoms with E-state index >= 15 is 0 Å². The highest BCUT2D eigenvalue weighted by Crippen LogP contribution is 2.39. The van der Waals surface area contributed by atoms with Crippen molar-refractivity contribution in [2.24, 2.45) is 0 Å². The number of benzene rings is 3. The summed E-state index contributed by atoms with van der Waals surface area (Å²) >= 11 is 0. The maximum absolute atomic E-state index is 11.0. The predicted molar refractivity (Wildman–Crippen MR) is 106 cm³/mol. The van der Waals surface area contributed by atoms with E-state index in [-0.39, 0.29) is 5.88 Å². The molecule has 3 aromatic carbocycles. The van der Waals surface area contributed by atoms with Gasteiger partial charge < -0.3 is 5.11 Å². The smallest absolute Gasteiger partial charge is 0.222 e. The van der Waals surface area contributed by atoms with Gasteiger partial charge in [0.25, 0.3) is 0 Å².